The number of H-pyrrole nitrogens is 1. The summed E-state index contributed by atoms with van der Waals surface area (Å²) in [5.41, 5.74) is 3.60. The van der Waals surface area contributed by atoms with Gasteiger partial charge in [0, 0.05) is 10.2 Å². The molecule has 90 valence electrons. The molecule has 0 unspecified atom stereocenters. The van der Waals surface area contributed by atoms with Crippen LogP contribution in [0.15, 0.2) is 28.9 Å². The van der Waals surface area contributed by atoms with Gasteiger partial charge in [-0.3, -0.25) is 0 Å². The van der Waals surface area contributed by atoms with Crippen LogP contribution in [0, 0.1) is 6.92 Å². The van der Waals surface area contributed by atoms with Crippen LogP contribution in [0.5, 0.6) is 0 Å². The normalized spacial score (nSPS) is 10.5. The van der Waals surface area contributed by atoms with E-state index < -0.39 is 0 Å². The molecule has 0 aliphatic rings. The van der Waals surface area contributed by atoms with Crippen LogP contribution in [0.25, 0.3) is 0 Å². The minimum Gasteiger partial charge on any atom is -0.379 e. The van der Waals surface area contributed by atoms with Crippen molar-refractivity contribution in [2.45, 2.75) is 26.8 Å². The molecule has 3 nitrogen and oxygen atoms in total. The van der Waals surface area contributed by atoms with E-state index in [1.54, 1.807) is 0 Å². The molecule has 17 heavy (non-hydrogen) atoms. The van der Waals surface area contributed by atoms with Crippen molar-refractivity contribution < 1.29 is 0 Å². The van der Waals surface area contributed by atoms with Gasteiger partial charge in [0.15, 0.2) is 0 Å². The Balaban J connectivity index is 2.08. The van der Waals surface area contributed by atoms with E-state index in [-0.39, 0.29) is 0 Å². The first kappa shape index (κ1) is 12.2. The summed E-state index contributed by atoms with van der Waals surface area (Å²) in [6.07, 6.45) is 2.89. The van der Waals surface area contributed by atoms with Crippen LogP contribution in [0.3, 0.4) is 0 Å². The second-order valence-corrected chi connectivity index (χ2v) is 4.92. The van der Waals surface area contributed by atoms with Crippen molar-refractivity contribution in [1.29, 1.82) is 0 Å². The second kappa shape index (κ2) is 5.36. The highest BCUT2D eigenvalue weighted by atomic mass is 79.9. The quantitative estimate of drug-likeness (QED) is 0.903. The van der Waals surface area contributed by atoms with Crippen molar-refractivity contribution >= 4 is 21.6 Å². The number of aryl methyl sites for hydroxylation is 2. The maximum atomic E-state index is 4.18. The van der Waals surface area contributed by atoms with Crippen LogP contribution >= 0.6 is 15.9 Å². The fraction of sp³-hybridized carbons (Fsp3) is 0.308. The van der Waals surface area contributed by atoms with Crippen molar-refractivity contribution in [3.8, 4) is 0 Å². The molecule has 0 radical (unpaired) electrons. The van der Waals surface area contributed by atoms with E-state index in [2.05, 4.69) is 56.3 Å². The van der Waals surface area contributed by atoms with Crippen molar-refractivity contribution in [2.75, 3.05) is 5.32 Å². The largest absolute Gasteiger partial charge is 0.379 e. The number of hydrogen-bond acceptors (Lipinski definition) is 2. The number of aromatic nitrogens is 2. The maximum absolute atomic E-state index is 4.18. The minimum absolute atomic E-state index is 0.773. The Morgan fingerprint density at radius 2 is 2.24 bits per heavy atom. The molecule has 0 saturated carbocycles. The molecule has 1 heterocycles. The standard InChI is InChI=1S/C13H16BrN3/c1-3-10-6-11(14)4-5-13(10)16-8-12-7-15-9(2)17-12/h4-7,16H,3,8H2,1-2H3,(H,15,17). The third kappa shape index (κ3) is 3.09. The number of nitrogens with one attached hydrogen (secondary N) is 2. The van der Waals surface area contributed by atoms with E-state index in [4.69, 9.17) is 0 Å². The summed E-state index contributed by atoms with van der Waals surface area (Å²) in [7, 11) is 0. The Labute approximate surface area is 110 Å². The zero-order valence-corrected chi connectivity index (χ0v) is 11.6. The van der Waals surface area contributed by atoms with Gasteiger partial charge >= 0.3 is 0 Å². The van der Waals surface area contributed by atoms with Gasteiger partial charge in [-0.05, 0) is 37.1 Å². The lowest BCUT2D eigenvalue weighted by molar-refractivity contribution is 1.03. The third-order valence-electron chi connectivity index (χ3n) is 2.67. The van der Waals surface area contributed by atoms with Crippen molar-refractivity contribution in [3.63, 3.8) is 0 Å². The molecule has 1 aromatic carbocycles. The fourth-order valence-corrected chi connectivity index (χ4v) is 2.19. The number of anilines is 1. The van der Waals surface area contributed by atoms with E-state index in [1.165, 1.54) is 11.3 Å². The molecule has 0 aliphatic heterocycles. The molecule has 0 atom stereocenters. The van der Waals surface area contributed by atoms with Crippen molar-refractivity contribution in [1.82, 2.24) is 9.97 Å². The highest BCUT2D eigenvalue weighted by molar-refractivity contribution is 9.10. The Morgan fingerprint density at radius 1 is 1.41 bits per heavy atom. The first-order valence-corrected chi connectivity index (χ1v) is 6.51. The summed E-state index contributed by atoms with van der Waals surface area (Å²) in [5, 5.41) is 3.43. The molecule has 2 rings (SSSR count). The lowest BCUT2D eigenvalue weighted by atomic mass is 10.1. The first-order valence-electron chi connectivity index (χ1n) is 5.72. The summed E-state index contributed by atoms with van der Waals surface area (Å²) >= 11 is 3.49. The molecule has 2 aromatic rings. The van der Waals surface area contributed by atoms with E-state index in [0.29, 0.717) is 0 Å². The molecule has 0 spiro atoms. The molecule has 2 N–H and O–H groups in total. The van der Waals surface area contributed by atoms with Gasteiger partial charge in [0.1, 0.15) is 5.82 Å². The second-order valence-electron chi connectivity index (χ2n) is 4.00. The third-order valence-corrected chi connectivity index (χ3v) is 3.17. The average Bonchev–Trinajstić information content (AvgIpc) is 2.73. The number of imidazole rings is 1. The fourth-order valence-electron chi connectivity index (χ4n) is 1.78. The lowest BCUT2D eigenvalue weighted by Gasteiger charge is -2.10. The lowest BCUT2D eigenvalue weighted by Crippen LogP contribution is -2.02. The molecule has 0 amide bonds. The summed E-state index contributed by atoms with van der Waals surface area (Å²) < 4.78 is 1.12. The molecule has 1 aromatic heterocycles. The Kier molecular flexibility index (Phi) is 3.84. The molecule has 0 saturated heterocycles. The molecule has 0 fully saturated rings. The van der Waals surface area contributed by atoms with Crippen molar-refractivity contribution in [2.24, 2.45) is 0 Å². The summed E-state index contributed by atoms with van der Waals surface area (Å²) in [4.78, 5) is 7.39. The van der Waals surface area contributed by atoms with Crippen LogP contribution in [0.4, 0.5) is 5.69 Å². The van der Waals surface area contributed by atoms with Gasteiger partial charge in [-0.2, -0.15) is 0 Å². The van der Waals surface area contributed by atoms with Crippen LogP contribution < -0.4 is 5.32 Å². The highest BCUT2D eigenvalue weighted by Crippen LogP contribution is 2.21. The summed E-state index contributed by atoms with van der Waals surface area (Å²) in [5.74, 6) is 0.952. The number of rotatable bonds is 4. The highest BCUT2D eigenvalue weighted by Gasteiger charge is 2.02. The average molecular weight is 294 g/mol. The van der Waals surface area contributed by atoms with E-state index in [1.807, 2.05) is 13.1 Å². The number of hydrogen-bond donors (Lipinski definition) is 2. The number of benzene rings is 1. The van der Waals surface area contributed by atoms with E-state index >= 15 is 0 Å². The molecular weight excluding hydrogens is 278 g/mol. The van der Waals surface area contributed by atoms with Gasteiger partial charge in [-0.15, -0.1) is 0 Å². The van der Waals surface area contributed by atoms with E-state index in [9.17, 15) is 0 Å². The maximum Gasteiger partial charge on any atom is 0.103 e. The molecule has 0 bridgehead atoms. The first-order chi connectivity index (χ1) is 8.19. The van der Waals surface area contributed by atoms with Gasteiger partial charge in [0.25, 0.3) is 0 Å². The SMILES string of the molecule is CCc1cc(Br)ccc1NCc1cnc(C)[nH]1. The number of halogens is 1. The van der Waals surface area contributed by atoms with Crippen LogP contribution in [0.1, 0.15) is 24.0 Å². The zero-order chi connectivity index (χ0) is 12.3. The molecule has 0 aliphatic carbocycles. The predicted octanol–water partition coefficient (Wildman–Crippen LogP) is 3.66. The van der Waals surface area contributed by atoms with Gasteiger partial charge in [0.2, 0.25) is 0 Å². The zero-order valence-electron chi connectivity index (χ0n) is 10.0. The van der Waals surface area contributed by atoms with Gasteiger partial charge in [-0.25, -0.2) is 4.98 Å². The topological polar surface area (TPSA) is 40.7 Å². The van der Waals surface area contributed by atoms with Gasteiger partial charge in [-0.1, -0.05) is 22.9 Å². The van der Waals surface area contributed by atoms with Gasteiger partial charge < -0.3 is 10.3 Å². The summed E-state index contributed by atoms with van der Waals surface area (Å²) in [6, 6.07) is 6.31. The minimum atomic E-state index is 0.773. The van der Waals surface area contributed by atoms with Crippen molar-refractivity contribution in [3.05, 3.63) is 46.0 Å². The monoisotopic (exact) mass is 293 g/mol. The number of nitrogens with zero attached hydrogens (tertiary/aromatic N) is 1. The Bertz CT molecular complexity index is 505. The molecule has 4 heteroatoms. The summed E-state index contributed by atoms with van der Waals surface area (Å²) in [6.45, 7) is 4.89. The van der Waals surface area contributed by atoms with E-state index in [0.717, 1.165) is 29.0 Å². The predicted molar refractivity (Wildman–Crippen MR) is 74.2 cm³/mol. The van der Waals surface area contributed by atoms with Crippen LogP contribution in [0.2, 0.25) is 0 Å². The smallest absolute Gasteiger partial charge is 0.103 e. The van der Waals surface area contributed by atoms with Gasteiger partial charge in [0.05, 0.1) is 18.4 Å². The Morgan fingerprint density at radius 3 is 2.88 bits per heavy atom. The van der Waals surface area contributed by atoms with Crippen LogP contribution in [-0.2, 0) is 13.0 Å². The number of aromatic amines is 1. The van der Waals surface area contributed by atoms with Crippen LogP contribution in [-0.4, -0.2) is 9.97 Å². The Hall–Kier alpha value is -1.29. The molecular formula is C13H16BrN3.